The second kappa shape index (κ2) is 95.0. The minimum Gasteiger partial charge on any atom is -0.394 e. The van der Waals surface area contributed by atoms with Crippen molar-refractivity contribution < 1.29 is 117 Å². The van der Waals surface area contributed by atoms with Crippen molar-refractivity contribution in [3.05, 3.63) is 0 Å². The normalized spacial score (nSPS) is 21.5. The third-order valence-corrected chi connectivity index (χ3v) is 15.7. The first-order chi connectivity index (χ1) is 41.9. The van der Waals surface area contributed by atoms with Crippen molar-refractivity contribution in [2.45, 2.75) is 396 Å². The molecule has 113 heavy (non-hydrogen) atoms. The number of hydrogen-bond donors (Lipinski definition) is 13. The summed E-state index contributed by atoms with van der Waals surface area (Å²) in [5, 5.41) is 101. The molecule has 3 rings (SSSR count). The Bertz CT molecular complexity index is 2030. The average Bonchev–Trinajstić information content (AvgIpc) is 0.832. The number of carbonyl (C=O) groups is 8. The van der Waals surface area contributed by atoms with E-state index >= 15 is 0 Å². The van der Waals surface area contributed by atoms with Crippen LogP contribution in [-0.2, 0) is 71.5 Å². The largest absolute Gasteiger partial charge is 0.394 e. The standard InChI is InChI=1S/C59H103N5O24.25CH4/c1-35(2)20-28-82-24-7-13-39(68)11-6-12-40(69)14-17-43(56(81)63-29-49(74)62-23-10-27-85-59-38(5)52(77)55(80)46(34-67)88-59)64(30-41(70)15-18-47(72)60-21-8-25-83-57-36(3)50(75)53(78)44(32-65)86-57)31-42(71)16-19-48(73)61-22-9-26-84-58-37(4)51(76)54(79)45(33-66)87-58;;;;;;;;;;;;;;;;;;;;;;;;;/h35-38,43-46,50-55,57-59,65-67,75-80H,6-34H2,1-5H3,(H,60,72)(H,61,73)(H,62,74)(H,63,81);25*1H4/t36?,37?,38?,43?,44?,45?,46?,50-,51-,52-,53+,54+,55+,57-,58-,59-;;;;;;;;;;;;;;;;;;;;;;;;;/m1........................./s1. The van der Waals surface area contributed by atoms with Gasteiger partial charge in [0.15, 0.2) is 18.9 Å². The van der Waals surface area contributed by atoms with E-state index in [1.165, 1.54) is 4.90 Å². The lowest BCUT2D eigenvalue weighted by Crippen LogP contribution is -2.55. The smallest absolute Gasteiger partial charge is 0.239 e. The quantitative estimate of drug-likeness (QED) is 0.0252. The summed E-state index contributed by atoms with van der Waals surface area (Å²) in [4.78, 5) is 108. The molecule has 0 aliphatic carbocycles. The minimum atomic E-state index is -1.38. The van der Waals surface area contributed by atoms with E-state index < -0.39 is 172 Å². The number of ether oxygens (including phenoxy) is 7. The van der Waals surface area contributed by atoms with Crippen molar-refractivity contribution in [3.8, 4) is 0 Å². The number of aliphatic hydroxyl groups excluding tert-OH is 9. The zero-order chi connectivity index (χ0) is 65.3. The minimum absolute atomic E-state index is 0. The summed E-state index contributed by atoms with van der Waals surface area (Å²) in [5.74, 6) is -5.39. The highest BCUT2D eigenvalue weighted by molar-refractivity contribution is 5.92. The van der Waals surface area contributed by atoms with Crippen LogP contribution in [0.15, 0.2) is 0 Å². The number of nitrogens with zero attached hydrogens (tertiary/aromatic N) is 1. The van der Waals surface area contributed by atoms with Crippen molar-refractivity contribution in [2.75, 3.05) is 92.1 Å². The molecule has 0 aromatic carbocycles. The summed E-state index contributed by atoms with van der Waals surface area (Å²) >= 11 is 0. The van der Waals surface area contributed by atoms with Gasteiger partial charge in [0.05, 0.1) is 83.6 Å². The van der Waals surface area contributed by atoms with Gasteiger partial charge in [-0.15, -0.1) is 0 Å². The molecule has 0 bridgehead atoms. The third-order valence-electron chi connectivity index (χ3n) is 15.7. The van der Waals surface area contributed by atoms with Gasteiger partial charge in [0, 0.05) is 102 Å². The molecule has 0 radical (unpaired) electrons. The van der Waals surface area contributed by atoms with Gasteiger partial charge in [-0.25, -0.2) is 0 Å². The Labute approximate surface area is 699 Å². The van der Waals surface area contributed by atoms with Crippen LogP contribution in [0.4, 0.5) is 0 Å². The van der Waals surface area contributed by atoms with Gasteiger partial charge in [-0.05, 0) is 50.9 Å². The molecule has 0 saturated carbocycles. The van der Waals surface area contributed by atoms with Gasteiger partial charge in [0.25, 0.3) is 0 Å². The van der Waals surface area contributed by atoms with Crippen LogP contribution in [0.5, 0.6) is 0 Å². The van der Waals surface area contributed by atoms with Gasteiger partial charge in [-0.3, -0.25) is 43.3 Å². The number of aliphatic hydroxyl groups is 9. The van der Waals surface area contributed by atoms with Crippen LogP contribution in [0.3, 0.4) is 0 Å². The summed E-state index contributed by atoms with van der Waals surface area (Å²) < 4.78 is 39.4. The Morgan fingerprint density at radius 1 is 0.345 bits per heavy atom. The lowest BCUT2D eigenvalue weighted by Gasteiger charge is -2.40. The predicted molar refractivity (Wildman–Crippen MR) is 479 cm³/mol. The number of nitrogens with one attached hydrogen (secondary N) is 4. The van der Waals surface area contributed by atoms with E-state index in [0.717, 1.165) is 6.42 Å². The summed E-state index contributed by atoms with van der Waals surface area (Å²) in [6.45, 7) is 7.12. The lowest BCUT2D eigenvalue weighted by molar-refractivity contribution is -0.282. The topological polar surface area (TPSA) is 435 Å². The summed E-state index contributed by atoms with van der Waals surface area (Å²) in [7, 11) is 0. The van der Waals surface area contributed by atoms with Crippen molar-refractivity contribution in [3.63, 3.8) is 0 Å². The second-order valence-electron chi connectivity index (χ2n) is 23.5. The molecule has 4 amide bonds. The van der Waals surface area contributed by atoms with Crippen LogP contribution >= 0.6 is 0 Å². The van der Waals surface area contributed by atoms with E-state index in [2.05, 4.69) is 35.1 Å². The Kier molecular flexibility index (Phi) is 144. The maximum Gasteiger partial charge on any atom is 0.239 e. The predicted octanol–water partition coefficient (Wildman–Crippen LogP) is 13.1. The number of amides is 4. The molecule has 3 fully saturated rings. The highest BCUT2D eigenvalue weighted by Crippen LogP contribution is 2.29. The average molecular weight is 1670 g/mol. The fraction of sp³-hybridized carbons (Fsp3) is 0.905. The van der Waals surface area contributed by atoms with Gasteiger partial charge < -0.3 is 100 Å². The number of carbonyl (C=O) groups excluding carboxylic acids is 8. The fourth-order valence-electron chi connectivity index (χ4n) is 9.95. The van der Waals surface area contributed by atoms with Gasteiger partial charge in [-0.1, -0.05) is 220 Å². The molecule has 0 aromatic rings. The second-order valence-corrected chi connectivity index (χ2v) is 23.5. The number of Topliss-reactive ketones (excluding diaryl/α,β-unsaturated/α-hetero) is 4. The zero-order valence-corrected chi connectivity index (χ0v) is 51.9. The van der Waals surface area contributed by atoms with Gasteiger partial charge in [0.1, 0.15) is 59.8 Å². The molecule has 29 nitrogen and oxygen atoms in total. The van der Waals surface area contributed by atoms with E-state index in [0.29, 0.717) is 25.6 Å². The number of ketones is 4. The Hall–Kier alpha value is -4.12. The van der Waals surface area contributed by atoms with Crippen molar-refractivity contribution in [1.82, 2.24) is 26.2 Å². The molecule has 3 saturated heterocycles. The molecule has 16 atom stereocenters. The molecule has 13 N–H and O–H groups in total. The van der Waals surface area contributed by atoms with Crippen molar-refractivity contribution >= 4 is 46.8 Å². The molecular formula is C84H203N5O24. The van der Waals surface area contributed by atoms with Crippen molar-refractivity contribution in [1.29, 1.82) is 0 Å². The molecule has 3 aliphatic rings. The molecule has 0 spiro atoms. The van der Waals surface area contributed by atoms with Gasteiger partial charge in [0.2, 0.25) is 23.6 Å². The maximum absolute atomic E-state index is 14.2. The van der Waals surface area contributed by atoms with Crippen LogP contribution in [0.1, 0.15) is 317 Å². The van der Waals surface area contributed by atoms with Crippen LogP contribution in [-0.4, -0.2) is 270 Å². The van der Waals surface area contributed by atoms with Crippen LogP contribution in [0, 0.1) is 23.7 Å². The summed E-state index contributed by atoms with van der Waals surface area (Å²) in [6.07, 6.45) is -12.4. The van der Waals surface area contributed by atoms with E-state index in [1.54, 1.807) is 20.8 Å². The van der Waals surface area contributed by atoms with E-state index in [9.17, 15) is 84.3 Å². The number of hydrogen-bond acceptors (Lipinski definition) is 25. The van der Waals surface area contributed by atoms with Crippen LogP contribution in [0.25, 0.3) is 0 Å². The molecule has 7 unspecified atom stereocenters. The van der Waals surface area contributed by atoms with E-state index in [4.69, 9.17) is 33.2 Å². The Balaban J connectivity index is -0.000000154. The monoisotopic (exact) mass is 1670 g/mol. The van der Waals surface area contributed by atoms with Gasteiger partial charge >= 0.3 is 0 Å². The van der Waals surface area contributed by atoms with Crippen LogP contribution in [0.2, 0.25) is 0 Å². The molecule has 3 aliphatic heterocycles. The summed E-state index contributed by atoms with van der Waals surface area (Å²) in [6, 6.07) is -1.38. The molecule has 29 heteroatoms. The lowest BCUT2D eigenvalue weighted by atomic mass is 9.92. The highest BCUT2D eigenvalue weighted by Gasteiger charge is 2.45. The first kappa shape index (κ1) is 172. The SMILES string of the molecule is C.C.C.C.C.C.C.C.C.C.C.C.C.C.C.C.C.C.C.C.C.C.C.C.C.CC(C)CCOCCCC(=O)CCCC(=O)CCC(C(=O)NCC(=O)NCCCO[C@@H]1OC(CO)[C@H](O)[C@H](O)C1C)N(CC(=O)CCC(=O)NCCCO[C@@H]1OC(CO)[C@H](O)[C@H](O)C1C)CC(=O)CCC(=O)NCCCO[C@@H]1OC(CO)[C@H](O)[C@H](O)C1C. The summed E-state index contributed by atoms with van der Waals surface area (Å²) in [5.41, 5.74) is 0. The molecule has 708 valence electrons. The van der Waals surface area contributed by atoms with Crippen LogP contribution < -0.4 is 21.3 Å². The van der Waals surface area contributed by atoms with E-state index in [-0.39, 0.29) is 320 Å². The Morgan fingerprint density at radius 3 is 0.956 bits per heavy atom. The maximum atomic E-state index is 14.2. The van der Waals surface area contributed by atoms with E-state index in [1.807, 2.05) is 0 Å². The first-order valence-electron chi connectivity index (χ1n) is 31.1. The molecule has 0 aromatic heterocycles. The molecular weight excluding hydrogens is 1460 g/mol. The van der Waals surface area contributed by atoms with Gasteiger partial charge in [-0.2, -0.15) is 0 Å². The zero-order valence-electron chi connectivity index (χ0n) is 51.9. The molecule has 3 heterocycles. The fourth-order valence-corrected chi connectivity index (χ4v) is 9.95. The first-order valence-corrected chi connectivity index (χ1v) is 31.1. The highest BCUT2D eigenvalue weighted by atomic mass is 16.7. The van der Waals surface area contributed by atoms with Crippen molar-refractivity contribution in [2.24, 2.45) is 23.7 Å². The Morgan fingerprint density at radius 2 is 0.646 bits per heavy atom. The third kappa shape index (κ3) is 64.5. The number of rotatable bonds is 46.